The predicted octanol–water partition coefficient (Wildman–Crippen LogP) is 1.68. The summed E-state index contributed by atoms with van der Waals surface area (Å²) >= 11 is 5.80. The Hall–Kier alpha value is -1.42. The largest absolute Gasteiger partial charge is 0.462 e. The molecule has 0 radical (unpaired) electrons. The molecule has 0 heterocycles. The number of nitrogen functional groups attached to an aromatic ring is 2. The maximum absolute atomic E-state index is 11.4. The first-order valence-electron chi connectivity index (χ1n) is 4.08. The lowest BCUT2D eigenvalue weighted by atomic mass is 10.1. The minimum atomic E-state index is -0.553. The molecule has 1 aromatic carbocycles. The molecular weight excluding hydrogens is 204 g/mol. The normalized spacial score (nSPS) is 9.86. The van der Waals surface area contributed by atoms with E-state index in [2.05, 4.69) is 0 Å². The Morgan fingerprint density at radius 1 is 1.50 bits per heavy atom. The number of esters is 1. The lowest BCUT2D eigenvalue weighted by Gasteiger charge is -2.08. The summed E-state index contributed by atoms with van der Waals surface area (Å²) in [5.74, 6) is -0.553. The van der Waals surface area contributed by atoms with E-state index in [0.29, 0.717) is 5.69 Å². The van der Waals surface area contributed by atoms with Crippen LogP contribution in [0.25, 0.3) is 0 Å². The lowest BCUT2D eigenvalue weighted by molar-refractivity contribution is 0.0528. The van der Waals surface area contributed by atoms with Crippen LogP contribution in [-0.2, 0) is 4.74 Å². The van der Waals surface area contributed by atoms with Crippen molar-refractivity contribution in [2.45, 2.75) is 6.92 Å². The second kappa shape index (κ2) is 4.19. The van der Waals surface area contributed by atoms with Crippen molar-refractivity contribution in [1.82, 2.24) is 0 Å². The van der Waals surface area contributed by atoms with Crippen LogP contribution in [0.4, 0.5) is 11.4 Å². The Balaban J connectivity index is 3.18. The summed E-state index contributed by atoms with van der Waals surface area (Å²) in [5.41, 5.74) is 11.7. The molecule has 5 heteroatoms. The molecule has 0 aliphatic rings. The number of benzene rings is 1. The van der Waals surface area contributed by atoms with Gasteiger partial charge in [0.1, 0.15) is 5.56 Å². The molecule has 0 atom stereocenters. The second-order valence-corrected chi connectivity index (χ2v) is 3.05. The molecule has 0 aliphatic heterocycles. The summed E-state index contributed by atoms with van der Waals surface area (Å²) in [6, 6.07) is 3.06. The van der Waals surface area contributed by atoms with E-state index in [4.69, 9.17) is 27.8 Å². The molecule has 0 bridgehead atoms. The summed E-state index contributed by atoms with van der Waals surface area (Å²) in [4.78, 5) is 11.4. The summed E-state index contributed by atoms with van der Waals surface area (Å²) < 4.78 is 4.79. The van der Waals surface area contributed by atoms with Crippen molar-refractivity contribution in [2.75, 3.05) is 18.1 Å². The molecule has 0 aromatic heterocycles. The minimum Gasteiger partial charge on any atom is -0.462 e. The average Bonchev–Trinajstić information content (AvgIpc) is 2.13. The molecule has 0 saturated carbocycles. The third kappa shape index (κ3) is 1.90. The number of hydrogen-bond acceptors (Lipinski definition) is 4. The van der Waals surface area contributed by atoms with Gasteiger partial charge in [-0.05, 0) is 19.1 Å². The number of hydrogen-bond donors (Lipinski definition) is 2. The van der Waals surface area contributed by atoms with E-state index in [0.717, 1.165) is 0 Å². The molecule has 0 saturated heterocycles. The Morgan fingerprint density at radius 3 is 2.71 bits per heavy atom. The predicted molar refractivity (Wildman–Crippen MR) is 56.2 cm³/mol. The van der Waals surface area contributed by atoms with Gasteiger partial charge in [-0.15, -0.1) is 0 Å². The minimum absolute atomic E-state index is 0.133. The topological polar surface area (TPSA) is 78.3 Å². The van der Waals surface area contributed by atoms with Crippen LogP contribution in [0.1, 0.15) is 17.3 Å². The van der Waals surface area contributed by atoms with Crippen molar-refractivity contribution in [3.63, 3.8) is 0 Å². The van der Waals surface area contributed by atoms with Gasteiger partial charge in [0, 0.05) is 0 Å². The molecule has 1 aromatic rings. The van der Waals surface area contributed by atoms with Gasteiger partial charge in [-0.3, -0.25) is 0 Å². The first-order valence-corrected chi connectivity index (χ1v) is 4.46. The van der Waals surface area contributed by atoms with Crippen molar-refractivity contribution < 1.29 is 9.53 Å². The summed E-state index contributed by atoms with van der Waals surface area (Å²) in [5, 5.41) is 0.246. The number of halogens is 1. The quantitative estimate of drug-likeness (QED) is 0.580. The molecule has 14 heavy (non-hydrogen) atoms. The zero-order valence-electron chi connectivity index (χ0n) is 7.71. The summed E-state index contributed by atoms with van der Waals surface area (Å²) in [6.07, 6.45) is 0. The Bertz CT molecular complexity index is 366. The molecule has 76 valence electrons. The molecule has 0 spiro atoms. The van der Waals surface area contributed by atoms with Crippen LogP contribution in [0.3, 0.4) is 0 Å². The van der Waals surface area contributed by atoms with Crippen LogP contribution in [0.2, 0.25) is 5.02 Å². The van der Waals surface area contributed by atoms with Gasteiger partial charge in [0.15, 0.2) is 0 Å². The smallest absolute Gasteiger partial charge is 0.341 e. The van der Waals surface area contributed by atoms with E-state index >= 15 is 0 Å². The highest BCUT2D eigenvalue weighted by Gasteiger charge is 2.16. The SMILES string of the molecule is CCOC(=O)c1c(Cl)ccc(N)c1N. The van der Waals surface area contributed by atoms with Gasteiger partial charge in [-0.25, -0.2) is 4.79 Å². The molecule has 0 aliphatic carbocycles. The lowest BCUT2D eigenvalue weighted by Crippen LogP contribution is -2.10. The number of carbonyl (C=O) groups is 1. The maximum Gasteiger partial charge on any atom is 0.341 e. The number of ether oxygens (including phenoxy) is 1. The van der Waals surface area contributed by atoms with E-state index in [-0.39, 0.29) is 22.9 Å². The zero-order chi connectivity index (χ0) is 10.7. The molecule has 1 rings (SSSR count). The fraction of sp³-hybridized carbons (Fsp3) is 0.222. The van der Waals surface area contributed by atoms with Gasteiger partial charge in [0.2, 0.25) is 0 Å². The van der Waals surface area contributed by atoms with Crippen molar-refractivity contribution in [1.29, 1.82) is 0 Å². The van der Waals surface area contributed by atoms with E-state index < -0.39 is 5.97 Å². The van der Waals surface area contributed by atoms with E-state index in [1.165, 1.54) is 6.07 Å². The van der Waals surface area contributed by atoms with Crippen LogP contribution >= 0.6 is 11.6 Å². The first-order chi connectivity index (χ1) is 6.57. The number of nitrogens with two attached hydrogens (primary N) is 2. The molecule has 0 amide bonds. The zero-order valence-corrected chi connectivity index (χ0v) is 8.47. The van der Waals surface area contributed by atoms with Crippen LogP contribution < -0.4 is 11.5 Å². The highest BCUT2D eigenvalue weighted by Crippen LogP contribution is 2.28. The molecular formula is C9H11ClN2O2. The maximum atomic E-state index is 11.4. The van der Waals surface area contributed by atoms with Gasteiger partial charge in [0.05, 0.1) is 23.0 Å². The monoisotopic (exact) mass is 214 g/mol. The number of anilines is 2. The first kappa shape index (κ1) is 10.7. The van der Waals surface area contributed by atoms with Gasteiger partial charge in [0.25, 0.3) is 0 Å². The Labute approximate surface area is 86.8 Å². The van der Waals surface area contributed by atoms with E-state index in [1.54, 1.807) is 13.0 Å². The molecule has 4 N–H and O–H groups in total. The molecule has 0 unspecified atom stereocenters. The average molecular weight is 215 g/mol. The van der Waals surface area contributed by atoms with Gasteiger partial charge in [-0.2, -0.15) is 0 Å². The third-order valence-corrected chi connectivity index (χ3v) is 2.02. The number of rotatable bonds is 2. The van der Waals surface area contributed by atoms with Crippen molar-refractivity contribution in [3.05, 3.63) is 22.7 Å². The second-order valence-electron chi connectivity index (χ2n) is 2.65. The fourth-order valence-electron chi connectivity index (χ4n) is 1.02. The van der Waals surface area contributed by atoms with Crippen LogP contribution in [-0.4, -0.2) is 12.6 Å². The summed E-state index contributed by atoms with van der Waals surface area (Å²) in [6.45, 7) is 1.97. The molecule has 4 nitrogen and oxygen atoms in total. The van der Waals surface area contributed by atoms with E-state index in [1.807, 2.05) is 0 Å². The van der Waals surface area contributed by atoms with Gasteiger partial charge >= 0.3 is 5.97 Å². The van der Waals surface area contributed by atoms with Crippen LogP contribution in [0.5, 0.6) is 0 Å². The van der Waals surface area contributed by atoms with Crippen LogP contribution in [0.15, 0.2) is 12.1 Å². The van der Waals surface area contributed by atoms with Crippen molar-refractivity contribution >= 4 is 28.9 Å². The van der Waals surface area contributed by atoms with Gasteiger partial charge < -0.3 is 16.2 Å². The van der Waals surface area contributed by atoms with Gasteiger partial charge in [-0.1, -0.05) is 11.6 Å². The fourth-order valence-corrected chi connectivity index (χ4v) is 1.26. The Kier molecular flexibility index (Phi) is 3.19. The number of carbonyl (C=O) groups excluding carboxylic acids is 1. The van der Waals surface area contributed by atoms with Crippen molar-refractivity contribution in [3.8, 4) is 0 Å². The van der Waals surface area contributed by atoms with Crippen molar-refractivity contribution in [2.24, 2.45) is 0 Å². The highest BCUT2D eigenvalue weighted by atomic mass is 35.5. The summed E-state index contributed by atoms with van der Waals surface area (Å²) in [7, 11) is 0. The third-order valence-electron chi connectivity index (χ3n) is 1.71. The van der Waals surface area contributed by atoms with Crippen LogP contribution in [0, 0.1) is 0 Å². The standard InChI is InChI=1S/C9H11ClN2O2/c1-2-14-9(13)7-5(10)3-4-6(11)8(7)12/h3-4H,2,11-12H2,1H3. The molecule has 0 fully saturated rings. The highest BCUT2D eigenvalue weighted by molar-refractivity contribution is 6.34. The van der Waals surface area contributed by atoms with E-state index in [9.17, 15) is 4.79 Å². The Morgan fingerprint density at radius 2 is 2.14 bits per heavy atom.